The van der Waals surface area contributed by atoms with Gasteiger partial charge < -0.3 is 10.2 Å². The highest BCUT2D eigenvalue weighted by Crippen LogP contribution is 2.18. The molecule has 118 valence electrons. The molecule has 0 radical (unpaired) electrons. The van der Waals surface area contributed by atoms with Crippen LogP contribution in [0.1, 0.15) is 31.1 Å². The molecule has 6 heteroatoms. The molecule has 4 nitrogen and oxygen atoms in total. The SMILES string of the molecule is CCn1ncc(Br)c1CN(C)C(=S)NC(C)c1ccccc1. The van der Waals surface area contributed by atoms with E-state index in [0.717, 1.165) is 21.8 Å². The van der Waals surface area contributed by atoms with Gasteiger partial charge in [0.25, 0.3) is 0 Å². The summed E-state index contributed by atoms with van der Waals surface area (Å²) in [6.45, 7) is 5.75. The standard InChI is InChI=1S/C16H21BrN4S/c1-4-21-15(14(17)10-18-21)11-20(3)16(22)19-12(2)13-8-6-5-7-9-13/h5-10,12H,4,11H2,1-3H3,(H,19,22). The van der Waals surface area contributed by atoms with Crippen molar-refractivity contribution in [2.75, 3.05) is 7.05 Å². The molecule has 0 spiro atoms. The number of nitrogens with zero attached hydrogens (tertiary/aromatic N) is 3. The molecule has 1 N–H and O–H groups in total. The normalized spacial score (nSPS) is 12.0. The van der Waals surface area contributed by atoms with E-state index in [4.69, 9.17) is 12.2 Å². The van der Waals surface area contributed by atoms with Gasteiger partial charge in [-0.05, 0) is 47.6 Å². The van der Waals surface area contributed by atoms with Crippen LogP contribution in [0.25, 0.3) is 0 Å². The molecule has 1 atom stereocenters. The molecule has 0 aliphatic heterocycles. The third kappa shape index (κ3) is 4.08. The number of benzene rings is 1. The van der Waals surface area contributed by atoms with Crippen molar-refractivity contribution in [3.8, 4) is 0 Å². The molecule has 0 aliphatic carbocycles. The van der Waals surface area contributed by atoms with Crippen LogP contribution < -0.4 is 5.32 Å². The highest BCUT2D eigenvalue weighted by atomic mass is 79.9. The fourth-order valence-electron chi connectivity index (χ4n) is 2.23. The first-order chi connectivity index (χ1) is 10.5. The molecule has 1 aromatic carbocycles. The van der Waals surface area contributed by atoms with E-state index in [1.807, 2.05) is 41.0 Å². The number of hydrogen-bond acceptors (Lipinski definition) is 2. The summed E-state index contributed by atoms with van der Waals surface area (Å²) >= 11 is 9.07. The summed E-state index contributed by atoms with van der Waals surface area (Å²) in [7, 11) is 1.99. The van der Waals surface area contributed by atoms with Crippen molar-refractivity contribution < 1.29 is 0 Å². The Bertz CT molecular complexity index is 626. The fourth-order valence-corrected chi connectivity index (χ4v) is 2.90. The summed E-state index contributed by atoms with van der Waals surface area (Å²) in [6, 6.07) is 10.5. The minimum atomic E-state index is 0.177. The minimum absolute atomic E-state index is 0.177. The first-order valence-electron chi connectivity index (χ1n) is 7.29. The first-order valence-corrected chi connectivity index (χ1v) is 8.49. The smallest absolute Gasteiger partial charge is 0.169 e. The lowest BCUT2D eigenvalue weighted by molar-refractivity contribution is 0.449. The molecule has 0 bridgehead atoms. The molecule has 22 heavy (non-hydrogen) atoms. The maximum Gasteiger partial charge on any atom is 0.169 e. The molecule has 0 amide bonds. The Morgan fingerprint density at radius 2 is 2.09 bits per heavy atom. The van der Waals surface area contributed by atoms with E-state index < -0.39 is 0 Å². The van der Waals surface area contributed by atoms with E-state index in [1.165, 1.54) is 5.56 Å². The highest BCUT2D eigenvalue weighted by molar-refractivity contribution is 9.10. The number of thiocarbonyl (C=S) groups is 1. The van der Waals surface area contributed by atoms with Gasteiger partial charge in [-0.1, -0.05) is 30.3 Å². The number of nitrogens with one attached hydrogen (secondary N) is 1. The van der Waals surface area contributed by atoms with Gasteiger partial charge in [-0.25, -0.2) is 0 Å². The molecular weight excluding hydrogens is 360 g/mol. The Balaban J connectivity index is 1.99. The van der Waals surface area contributed by atoms with Crippen molar-refractivity contribution >= 4 is 33.3 Å². The molecule has 0 saturated carbocycles. The van der Waals surface area contributed by atoms with Gasteiger partial charge in [0.2, 0.25) is 0 Å². The van der Waals surface area contributed by atoms with Crippen molar-refractivity contribution in [3.63, 3.8) is 0 Å². The Hall–Kier alpha value is -1.40. The van der Waals surface area contributed by atoms with E-state index in [-0.39, 0.29) is 6.04 Å². The zero-order valence-corrected chi connectivity index (χ0v) is 15.5. The second-order valence-corrected chi connectivity index (χ2v) is 6.43. The summed E-state index contributed by atoms with van der Waals surface area (Å²) in [4.78, 5) is 2.03. The number of halogens is 1. The van der Waals surface area contributed by atoms with E-state index >= 15 is 0 Å². The van der Waals surface area contributed by atoms with Crippen LogP contribution in [0, 0.1) is 0 Å². The zero-order chi connectivity index (χ0) is 16.1. The van der Waals surface area contributed by atoms with Crippen molar-refractivity contribution in [2.24, 2.45) is 0 Å². The lowest BCUT2D eigenvalue weighted by atomic mass is 10.1. The van der Waals surface area contributed by atoms with Crippen LogP contribution in [0.3, 0.4) is 0 Å². The van der Waals surface area contributed by atoms with Crippen molar-refractivity contribution in [3.05, 3.63) is 52.3 Å². The monoisotopic (exact) mass is 380 g/mol. The molecule has 1 aromatic heterocycles. The zero-order valence-electron chi connectivity index (χ0n) is 13.1. The van der Waals surface area contributed by atoms with Gasteiger partial charge in [0, 0.05) is 13.6 Å². The van der Waals surface area contributed by atoms with Gasteiger partial charge in [-0.2, -0.15) is 5.10 Å². The van der Waals surface area contributed by atoms with E-state index in [2.05, 4.69) is 52.3 Å². The van der Waals surface area contributed by atoms with Gasteiger partial charge in [-0.3, -0.25) is 4.68 Å². The molecule has 0 saturated heterocycles. The number of aryl methyl sites for hydroxylation is 1. The maximum absolute atomic E-state index is 5.52. The topological polar surface area (TPSA) is 33.1 Å². The number of aromatic nitrogens is 2. The summed E-state index contributed by atoms with van der Waals surface area (Å²) in [5.74, 6) is 0. The van der Waals surface area contributed by atoms with Crippen LogP contribution in [-0.4, -0.2) is 26.8 Å². The number of hydrogen-bond donors (Lipinski definition) is 1. The van der Waals surface area contributed by atoms with Gasteiger partial charge >= 0.3 is 0 Å². The molecule has 2 aromatic rings. The predicted molar refractivity (Wildman–Crippen MR) is 97.7 cm³/mol. The van der Waals surface area contributed by atoms with Crippen LogP contribution in [-0.2, 0) is 13.1 Å². The van der Waals surface area contributed by atoms with Crippen LogP contribution in [0.4, 0.5) is 0 Å². The Kier molecular flexibility index (Phi) is 5.97. The third-order valence-corrected chi connectivity index (χ3v) is 4.66. The van der Waals surface area contributed by atoms with E-state index in [9.17, 15) is 0 Å². The van der Waals surface area contributed by atoms with Gasteiger partial charge in [-0.15, -0.1) is 0 Å². The van der Waals surface area contributed by atoms with Gasteiger partial charge in [0.15, 0.2) is 5.11 Å². The predicted octanol–water partition coefficient (Wildman–Crippen LogP) is 3.73. The molecule has 1 heterocycles. The van der Waals surface area contributed by atoms with Crippen molar-refractivity contribution in [2.45, 2.75) is 33.0 Å². The van der Waals surface area contributed by atoms with Crippen LogP contribution >= 0.6 is 28.1 Å². The van der Waals surface area contributed by atoms with Crippen LogP contribution in [0.5, 0.6) is 0 Å². The Morgan fingerprint density at radius 3 is 2.73 bits per heavy atom. The third-order valence-electron chi connectivity index (χ3n) is 3.57. The van der Waals surface area contributed by atoms with Crippen molar-refractivity contribution in [1.82, 2.24) is 20.0 Å². The van der Waals surface area contributed by atoms with Crippen LogP contribution in [0.15, 0.2) is 41.0 Å². The lowest BCUT2D eigenvalue weighted by Gasteiger charge is -2.25. The summed E-state index contributed by atoms with van der Waals surface area (Å²) < 4.78 is 2.99. The Morgan fingerprint density at radius 1 is 1.41 bits per heavy atom. The molecule has 0 fully saturated rings. The summed E-state index contributed by atoms with van der Waals surface area (Å²) in [5.41, 5.74) is 2.35. The van der Waals surface area contributed by atoms with E-state index in [1.54, 1.807) is 0 Å². The van der Waals surface area contributed by atoms with Gasteiger partial charge in [0.05, 0.1) is 29.0 Å². The van der Waals surface area contributed by atoms with E-state index in [0.29, 0.717) is 6.54 Å². The molecular formula is C16H21BrN4S. The minimum Gasteiger partial charge on any atom is -0.356 e. The molecule has 1 unspecified atom stereocenters. The summed E-state index contributed by atoms with van der Waals surface area (Å²) in [5, 5.41) is 8.44. The highest BCUT2D eigenvalue weighted by Gasteiger charge is 2.14. The quantitative estimate of drug-likeness (QED) is 0.801. The first kappa shape index (κ1) is 17.0. The van der Waals surface area contributed by atoms with Crippen LogP contribution in [0.2, 0.25) is 0 Å². The molecule has 0 aliphatic rings. The second-order valence-electron chi connectivity index (χ2n) is 5.19. The lowest BCUT2D eigenvalue weighted by Crippen LogP contribution is -2.38. The fraction of sp³-hybridized carbons (Fsp3) is 0.375. The maximum atomic E-state index is 5.52. The largest absolute Gasteiger partial charge is 0.356 e. The Labute approximate surface area is 145 Å². The summed E-state index contributed by atoms with van der Waals surface area (Å²) in [6.07, 6.45) is 1.83. The van der Waals surface area contributed by atoms with Crippen molar-refractivity contribution in [1.29, 1.82) is 0 Å². The average Bonchev–Trinajstić information content (AvgIpc) is 2.88. The number of rotatable bonds is 5. The second kappa shape index (κ2) is 7.74. The molecule has 2 rings (SSSR count). The van der Waals surface area contributed by atoms with Gasteiger partial charge in [0.1, 0.15) is 0 Å². The average molecular weight is 381 g/mol.